The number of rotatable bonds is 5. The van der Waals surface area contributed by atoms with E-state index in [0.717, 1.165) is 24.8 Å². The molecule has 1 aromatic rings. The van der Waals surface area contributed by atoms with Crippen LogP contribution >= 0.6 is 11.8 Å². The summed E-state index contributed by atoms with van der Waals surface area (Å²) in [5.41, 5.74) is 0.560. The topological polar surface area (TPSA) is 49.8 Å². The molecule has 1 atom stereocenters. The fourth-order valence-corrected chi connectivity index (χ4v) is 3.92. The van der Waals surface area contributed by atoms with Crippen molar-refractivity contribution in [3.63, 3.8) is 0 Å². The summed E-state index contributed by atoms with van der Waals surface area (Å²) in [5.74, 6) is 2.32. The summed E-state index contributed by atoms with van der Waals surface area (Å²) < 4.78 is 42.0. The first-order valence-electron chi connectivity index (χ1n) is 8.51. The average molecular weight is 390 g/mol. The smallest absolute Gasteiger partial charge is 0.422 e. The first-order valence-corrected chi connectivity index (χ1v) is 9.55. The third kappa shape index (κ3) is 6.26. The van der Waals surface area contributed by atoms with Crippen molar-refractivity contribution in [3.8, 4) is 5.88 Å². The van der Waals surface area contributed by atoms with Crippen LogP contribution in [0.4, 0.5) is 13.2 Å². The van der Waals surface area contributed by atoms with Crippen molar-refractivity contribution in [2.24, 2.45) is 10.9 Å². The molecule has 0 amide bonds. The highest BCUT2D eigenvalue weighted by atomic mass is 32.2. The first kappa shape index (κ1) is 20.7. The lowest BCUT2D eigenvalue weighted by Gasteiger charge is -2.36. The van der Waals surface area contributed by atoms with Crippen LogP contribution in [0.25, 0.3) is 0 Å². The number of nitrogens with one attached hydrogen (secondary N) is 1. The van der Waals surface area contributed by atoms with E-state index in [1.54, 1.807) is 19.2 Å². The number of aliphatic imine (C=N–C) groups is 1. The maximum atomic E-state index is 12.4. The maximum absolute atomic E-state index is 12.4. The highest BCUT2D eigenvalue weighted by Gasteiger charge is 2.29. The van der Waals surface area contributed by atoms with Crippen LogP contribution in [0.5, 0.6) is 5.88 Å². The number of guanidine groups is 1. The molecule has 1 saturated heterocycles. The van der Waals surface area contributed by atoms with Crippen molar-refractivity contribution in [3.05, 3.63) is 23.9 Å². The van der Waals surface area contributed by atoms with Crippen LogP contribution < -0.4 is 10.1 Å². The fourth-order valence-electron chi connectivity index (χ4n) is 2.62. The van der Waals surface area contributed by atoms with E-state index in [2.05, 4.69) is 34.0 Å². The molecular formula is C17H25F3N4OS. The van der Waals surface area contributed by atoms with Gasteiger partial charge in [0.25, 0.3) is 0 Å². The Morgan fingerprint density at radius 1 is 1.50 bits per heavy atom. The third-order valence-corrected chi connectivity index (χ3v) is 5.55. The monoisotopic (exact) mass is 390 g/mol. The molecule has 0 spiro atoms. The Kier molecular flexibility index (Phi) is 7.43. The van der Waals surface area contributed by atoms with Gasteiger partial charge in [0.05, 0.1) is 0 Å². The lowest BCUT2D eigenvalue weighted by molar-refractivity contribution is -0.154. The SMILES string of the molecule is CN=C(NCc1cccnc1OCC(F)(F)F)N1CCSC(C(C)C)C1. The molecule has 0 aliphatic carbocycles. The molecule has 9 heteroatoms. The van der Waals surface area contributed by atoms with Gasteiger partial charge in [-0.05, 0) is 12.0 Å². The summed E-state index contributed by atoms with van der Waals surface area (Å²) in [6, 6.07) is 3.37. The molecule has 0 radical (unpaired) electrons. The van der Waals surface area contributed by atoms with Gasteiger partial charge in [-0.25, -0.2) is 4.98 Å². The Balaban J connectivity index is 1.98. The van der Waals surface area contributed by atoms with Crippen LogP contribution in [0.1, 0.15) is 19.4 Å². The molecule has 1 fully saturated rings. The molecule has 1 N–H and O–H groups in total. The van der Waals surface area contributed by atoms with Crippen LogP contribution in [-0.2, 0) is 6.54 Å². The summed E-state index contributed by atoms with van der Waals surface area (Å²) in [6.07, 6.45) is -2.98. The van der Waals surface area contributed by atoms with Crippen molar-refractivity contribution in [1.29, 1.82) is 0 Å². The van der Waals surface area contributed by atoms with E-state index < -0.39 is 12.8 Å². The maximum Gasteiger partial charge on any atom is 0.422 e. The molecule has 1 unspecified atom stereocenters. The fraction of sp³-hybridized carbons (Fsp3) is 0.647. The summed E-state index contributed by atoms with van der Waals surface area (Å²) in [4.78, 5) is 10.4. The first-order chi connectivity index (χ1) is 12.3. The van der Waals surface area contributed by atoms with E-state index >= 15 is 0 Å². The Morgan fingerprint density at radius 3 is 2.92 bits per heavy atom. The number of hydrogen-bond acceptors (Lipinski definition) is 4. The van der Waals surface area contributed by atoms with Gasteiger partial charge >= 0.3 is 6.18 Å². The van der Waals surface area contributed by atoms with Crippen LogP contribution in [0.2, 0.25) is 0 Å². The van der Waals surface area contributed by atoms with Gasteiger partial charge in [0, 0.05) is 49.4 Å². The number of hydrogen-bond donors (Lipinski definition) is 1. The lowest BCUT2D eigenvalue weighted by Crippen LogP contribution is -2.48. The molecule has 0 bridgehead atoms. The number of halogens is 3. The summed E-state index contributed by atoms with van der Waals surface area (Å²) in [6.45, 7) is 5.13. The second kappa shape index (κ2) is 9.34. The van der Waals surface area contributed by atoms with Gasteiger partial charge in [-0.3, -0.25) is 4.99 Å². The van der Waals surface area contributed by atoms with Crippen molar-refractivity contribution >= 4 is 17.7 Å². The zero-order valence-electron chi connectivity index (χ0n) is 15.2. The molecule has 0 saturated carbocycles. The van der Waals surface area contributed by atoms with E-state index in [4.69, 9.17) is 4.74 Å². The molecule has 0 aromatic carbocycles. The standard InChI is InChI=1S/C17H25F3N4OS/c1-12(2)14-10-24(7-8-26-14)16(21-3)23-9-13-5-4-6-22-15(13)25-11-17(18,19)20/h4-6,12,14H,7-11H2,1-3H3,(H,21,23). The Bertz CT molecular complexity index is 610. The van der Waals surface area contributed by atoms with E-state index in [-0.39, 0.29) is 5.88 Å². The molecule has 146 valence electrons. The second-order valence-electron chi connectivity index (χ2n) is 6.37. The van der Waals surface area contributed by atoms with Crippen LogP contribution in [-0.4, -0.2) is 59.8 Å². The highest BCUT2D eigenvalue weighted by molar-refractivity contribution is 8.00. The zero-order chi connectivity index (χ0) is 19.2. The number of alkyl halides is 3. The third-order valence-electron chi connectivity index (χ3n) is 4.01. The van der Waals surface area contributed by atoms with Crippen molar-refractivity contribution in [2.45, 2.75) is 31.8 Å². The van der Waals surface area contributed by atoms with Crippen LogP contribution in [0, 0.1) is 5.92 Å². The van der Waals surface area contributed by atoms with E-state index in [0.29, 0.717) is 23.3 Å². The molecular weight excluding hydrogens is 365 g/mol. The normalized spacial score (nSPS) is 19.0. The van der Waals surface area contributed by atoms with Gasteiger partial charge < -0.3 is 15.0 Å². The van der Waals surface area contributed by atoms with Gasteiger partial charge in [0.2, 0.25) is 5.88 Å². The minimum atomic E-state index is -4.39. The number of ether oxygens (including phenoxy) is 1. The van der Waals surface area contributed by atoms with Crippen LogP contribution in [0.15, 0.2) is 23.3 Å². The number of pyridine rings is 1. The summed E-state index contributed by atoms with van der Waals surface area (Å²) in [5, 5.41) is 3.75. The Hall–Kier alpha value is -1.64. The molecule has 2 rings (SSSR count). The second-order valence-corrected chi connectivity index (χ2v) is 7.72. The van der Waals surface area contributed by atoms with Crippen molar-refractivity contribution in [2.75, 3.05) is 32.5 Å². The van der Waals surface area contributed by atoms with E-state index in [1.165, 1.54) is 6.20 Å². The number of nitrogens with zero attached hydrogens (tertiary/aromatic N) is 3. The summed E-state index contributed by atoms with van der Waals surface area (Å²) >= 11 is 1.97. The van der Waals surface area contributed by atoms with Gasteiger partial charge in [-0.1, -0.05) is 19.9 Å². The predicted octanol–water partition coefficient (Wildman–Crippen LogP) is 3.17. The minimum Gasteiger partial charge on any atom is -0.468 e. The molecule has 2 heterocycles. The van der Waals surface area contributed by atoms with Crippen molar-refractivity contribution < 1.29 is 17.9 Å². The molecule has 1 aliphatic heterocycles. The average Bonchev–Trinajstić information content (AvgIpc) is 2.61. The highest BCUT2D eigenvalue weighted by Crippen LogP contribution is 2.25. The van der Waals surface area contributed by atoms with E-state index in [1.807, 2.05) is 11.8 Å². The van der Waals surface area contributed by atoms with Gasteiger partial charge in [-0.2, -0.15) is 24.9 Å². The predicted molar refractivity (Wildman–Crippen MR) is 98.6 cm³/mol. The molecule has 1 aromatic heterocycles. The largest absolute Gasteiger partial charge is 0.468 e. The van der Waals surface area contributed by atoms with Crippen molar-refractivity contribution in [1.82, 2.24) is 15.2 Å². The molecule has 26 heavy (non-hydrogen) atoms. The van der Waals surface area contributed by atoms with E-state index in [9.17, 15) is 13.2 Å². The molecule has 5 nitrogen and oxygen atoms in total. The Labute approximate surface area is 156 Å². The van der Waals surface area contributed by atoms with Gasteiger partial charge in [-0.15, -0.1) is 0 Å². The number of thioether (sulfide) groups is 1. The zero-order valence-corrected chi connectivity index (χ0v) is 16.0. The van der Waals surface area contributed by atoms with Crippen LogP contribution in [0.3, 0.4) is 0 Å². The Morgan fingerprint density at radius 2 is 2.27 bits per heavy atom. The quantitative estimate of drug-likeness (QED) is 0.618. The van der Waals surface area contributed by atoms with Gasteiger partial charge in [0.1, 0.15) is 0 Å². The summed E-state index contributed by atoms with van der Waals surface area (Å²) in [7, 11) is 1.71. The van der Waals surface area contributed by atoms with Gasteiger partial charge in [0.15, 0.2) is 12.6 Å². The lowest BCUT2D eigenvalue weighted by atomic mass is 10.1. The molecule has 1 aliphatic rings. The number of aromatic nitrogens is 1. The minimum absolute atomic E-state index is 0.0120.